The molecule has 0 saturated heterocycles. The normalized spacial score (nSPS) is 9.44. The lowest BCUT2D eigenvalue weighted by molar-refractivity contribution is 1.73. The molecule has 1 aromatic rings. The van der Waals surface area contributed by atoms with Gasteiger partial charge in [-0.05, 0) is 12.1 Å². The standard InChI is InChI=1S/C6H5BClN/c7-4-1-2-5(8)6(9)3-4/h1-3H,9H2. The van der Waals surface area contributed by atoms with E-state index in [-0.39, 0.29) is 0 Å². The van der Waals surface area contributed by atoms with Gasteiger partial charge in [-0.1, -0.05) is 23.1 Å². The Labute approximate surface area is 60.2 Å². The number of halogens is 1. The third-order valence-electron chi connectivity index (χ3n) is 1.02. The van der Waals surface area contributed by atoms with E-state index in [9.17, 15) is 0 Å². The van der Waals surface area contributed by atoms with Crippen molar-refractivity contribution in [1.82, 2.24) is 0 Å². The summed E-state index contributed by atoms with van der Waals surface area (Å²) < 4.78 is 0. The Bertz CT molecular complexity index is 224. The molecule has 0 aliphatic rings. The van der Waals surface area contributed by atoms with Crippen LogP contribution in [0, 0.1) is 0 Å². The van der Waals surface area contributed by atoms with Gasteiger partial charge in [0.1, 0.15) is 7.85 Å². The van der Waals surface area contributed by atoms with Crippen molar-refractivity contribution in [3.63, 3.8) is 0 Å². The minimum absolute atomic E-state index is 0.525. The van der Waals surface area contributed by atoms with Crippen LogP contribution in [0.25, 0.3) is 0 Å². The number of rotatable bonds is 0. The van der Waals surface area contributed by atoms with Gasteiger partial charge in [0.2, 0.25) is 0 Å². The second-order valence-corrected chi connectivity index (χ2v) is 2.19. The summed E-state index contributed by atoms with van der Waals surface area (Å²) >= 11 is 5.60. The van der Waals surface area contributed by atoms with E-state index in [0.717, 1.165) is 0 Å². The Morgan fingerprint density at radius 3 is 2.56 bits per heavy atom. The molecule has 0 aliphatic heterocycles. The van der Waals surface area contributed by atoms with Crippen LogP contribution in [0.4, 0.5) is 5.69 Å². The van der Waals surface area contributed by atoms with Crippen LogP contribution in [0.1, 0.15) is 0 Å². The van der Waals surface area contributed by atoms with Crippen molar-refractivity contribution in [1.29, 1.82) is 0 Å². The summed E-state index contributed by atoms with van der Waals surface area (Å²) in [5.74, 6) is 0. The molecule has 2 N–H and O–H groups in total. The van der Waals surface area contributed by atoms with Gasteiger partial charge in [0.05, 0.1) is 5.02 Å². The number of hydrogen-bond donors (Lipinski definition) is 1. The summed E-state index contributed by atoms with van der Waals surface area (Å²) in [6, 6.07) is 5.01. The predicted octanol–water partition coefficient (Wildman–Crippen LogP) is 0.716. The first-order valence-electron chi connectivity index (χ1n) is 2.50. The predicted molar refractivity (Wildman–Crippen MR) is 41.3 cm³/mol. The van der Waals surface area contributed by atoms with E-state index in [1.807, 2.05) is 0 Å². The fourth-order valence-electron chi connectivity index (χ4n) is 0.562. The summed E-state index contributed by atoms with van der Waals surface area (Å²) in [6.07, 6.45) is 0. The topological polar surface area (TPSA) is 26.0 Å². The average Bonchev–Trinajstić information content (AvgIpc) is 1.80. The Balaban J connectivity index is 3.17. The maximum atomic E-state index is 5.60. The summed E-state index contributed by atoms with van der Waals surface area (Å²) in [6.45, 7) is 0. The van der Waals surface area contributed by atoms with Crippen molar-refractivity contribution in [2.24, 2.45) is 0 Å². The lowest BCUT2D eigenvalue weighted by Gasteiger charge is -1.96. The Morgan fingerprint density at radius 2 is 2.11 bits per heavy atom. The molecule has 0 aromatic heterocycles. The van der Waals surface area contributed by atoms with E-state index in [1.165, 1.54) is 0 Å². The minimum atomic E-state index is 0.525. The first kappa shape index (κ1) is 6.49. The van der Waals surface area contributed by atoms with Crippen LogP contribution >= 0.6 is 11.6 Å². The van der Waals surface area contributed by atoms with Gasteiger partial charge in [0.25, 0.3) is 0 Å². The van der Waals surface area contributed by atoms with Crippen molar-refractivity contribution in [3.8, 4) is 0 Å². The highest BCUT2D eigenvalue weighted by atomic mass is 35.5. The van der Waals surface area contributed by atoms with Crippen LogP contribution in [0.2, 0.25) is 5.02 Å². The fourth-order valence-corrected chi connectivity index (χ4v) is 0.680. The van der Waals surface area contributed by atoms with Gasteiger partial charge in [0.15, 0.2) is 0 Å². The quantitative estimate of drug-likeness (QED) is 0.414. The van der Waals surface area contributed by atoms with Gasteiger partial charge in [-0.15, -0.1) is 0 Å². The SMILES string of the molecule is [B]c1ccc(Cl)c(N)c1. The van der Waals surface area contributed by atoms with E-state index in [2.05, 4.69) is 0 Å². The first-order valence-corrected chi connectivity index (χ1v) is 2.88. The lowest BCUT2D eigenvalue weighted by Crippen LogP contribution is -2.02. The molecule has 0 fully saturated rings. The summed E-state index contributed by atoms with van der Waals surface area (Å²) in [5.41, 5.74) is 6.57. The molecule has 0 unspecified atom stereocenters. The van der Waals surface area contributed by atoms with Crippen LogP contribution in [0.15, 0.2) is 18.2 Å². The highest BCUT2D eigenvalue weighted by Crippen LogP contribution is 2.14. The third kappa shape index (κ3) is 1.39. The van der Waals surface area contributed by atoms with Crippen LogP contribution in [-0.2, 0) is 0 Å². The molecule has 0 saturated carbocycles. The number of benzene rings is 1. The zero-order chi connectivity index (χ0) is 6.85. The molecule has 1 aromatic carbocycles. The first-order chi connectivity index (χ1) is 4.20. The van der Waals surface area contributed by atoms with Gasteiger partial charge in [-0.3, -0.25) is 0 Å². The second-order valence-electron chi connectivity index (χ2n) is 1.78. The van der Waals surface area contributed by atoms with Crippen molar-refractivity contribution >= 4 is 30.6 Å². The molecule has 0 aliphatic carbocycles. The summed E-state index contributed by atoms with van der Waals surface area (Å²) in [5, 5.41) is 0.546. The Hall–Kier alpha value is -0.625. The molecule has 0 heterocycles. The lowest BCUT2D eigenvalue weighted by atomic mass is 9.96. The van der Waals surface area contributed by atoms with E-state index in [0.29, 0.717) is 16.2 Å². The smallest absolute Gasteiger partial charge is 0.113 e. The molecule has 1 rings (SSSR count). The van der Waals surface area contributed by atoms with E-state index in [1.54, 1.807) is 18.2 Å². The van der Waals surface area contributed by atoms with Crippen molar-refractivity contribution in [3.05, 3.63) is 23.2 Å². The van der Waals surface area contributed by atoms with Crippen molar-refractivity contribution in [2.45, 2.75) is 0 Å². The molecule has 0 spiro atoms. The molecule has 1 nitrogen and oxygen atoms in total. The zero-order valence-electron chi connectivity index (χ0n) is 4.76. The van der Waals surface area contributed by atoms with Crippen molar-refractivity contribution < 1.29 is 0 Å². The molecule has 9 heavy (non-hydrogen) atoms. The number of anilines is 1. The largest absolute Gasteiger partial charge is 0.398 e. The summed E-state index contributed by atoms with van der Waals surface area (Å²) in [4.78, 5) is 0. The number of hydrogen-bond acceptors (Lipinski definition) is 1. The summed E-state index contributed by atoms with van der Waals surface area (Å²) in [7, 11) is 5.39. The van der Waals surface area contributed by atoms with E-state index in [4.69, 9.17) is 25.2 Å². The number of nitrogens with two attached hydrogens (primary N) is 1. The van der Waals surface area contributed by atoms with Gasteiger partial charge in [-0.2, -0.15) is 0 Å². The molecule has 0 atom stereocenters. The highest BCUT2D eigenvalue weighted by molar-refractivity contribution is 6.36. The third-order valence-corrected chi connectivity index (χ3v) is 1.36. The molecule has 3 heteroatoms. The molecule has 0 bridgehead atoms. The zero-order valence-corrected chi connectivity index (χ0v) is 5.52. The molecule has 44 valence electrons. The fraction of sp³-hybridized carbons (Fsp3) is 0. The Morgan fingerprint density at radius 1 is 1.44 bits per heavy atom. The number of nitrogen functional groups attached to an aromatic ring is 1. The van der Waals surface area contributed by atoms with Crippen LogP contribution < -0.4 is 11.2 Å². The maximum Gasteiger partial charge on any atom is 0.113 e. The van der Waals surface area contributed by atoms with Crippen molar-refractivity contribution in [2.75, 3.05) is 5.73 Å². The monoisotopic (exact) mass is 137 g/mol. The van der Waals surface area contributed by atoms with Gasteiger partial charge < -0.3 is 5.73 Å². The highest BCUT2D eigenvalue weighted by Gasteiger charge is 1.91. The molecular weight excluding hydrogens is 132 g/mol. The minimum Gasteiger partial charge on any atom is -0.398 e. The average molecular weight is 137 g/mol. The molecule has 2 radical (unpaired) electrons. The van der Waals surface area contributed by atoms with E-state index >= 15 is 0 Å². The van der Waals surface area contributed by atoms with Crippen LogP contribution in [0.5, 0.6) is 0 Å². The second kappa shape index (κ2) is 2.32. The molecule has 0 amide bonds. The van der Waals surface area contributed by atoms with Crippen LogP contribution in [-0.4, -0.2) is 7.85 Å². The molecular formula is C6H5BClN. The van der Waals surface area contributed by atoms with E-state index < -0.39 is 0 Å². The van der Waals surface area contributed by atoms with Crippen LogP contribution in [0.3, 0.4) is 0 Å². The maximum absolute atomic E-state index is 5.60. The van der Waals surface area contributed by atoms with Gasteiger partial charge >= 0.3 is 0 Å². The Kier molecular flexibility index (Phi) is 1.67. The van der Waals surface area contributed by atoms with Gasteiger partial charge in [0, 0.05) is 5.69 Å². The van der Waals surface area contributed by atoms with Gasteiger partial charge in [-0.25, -0.2) is 0 Å².